The van der Waals surface area contributed by atoms with Crippen LogP contribution in [0.25, 0.3) is 11.0 Å². The van der Waals surface area contributed by atoms with E-state index in [-0.39, 0.29) is 17.2 Å². The number of hydrogen-bond donors (Lipinski definition) is 2. The highest BCUT2D eigenvalue weighted by Gasteiger charge is 2.10. The van der Waals surface area contributed by atoms with Gasteiger partial charge in [0.1, 0.15) is 17.1 Å². The average molecular weight is 281 g/mol. The summed E-state index contributed by atoms with van der Waals surface area (Å²) in [6.07, 6.45) is 0.605. The van der Waals surface area contributed by atoms with Crippen molar-refractivity contribution < 1.29 is 14.3 Å². The summed E-state index contributed by atoms with van der Waals surface area (Å²) in [7, 11) is 0. The number of nitrogens with one attached hydrogen (secondary N) is 1. The fourth-order valence-corrected chi connectivity index (χ4v) is 2.22. The Kier molecular flexibility index (Phi) is 3.60. The van der Waals surface area contributed by atoms with Crippen LogP contribution in [0.4, 0.5) is 0 Å². The van der Waals surface area contributed by atoms with Crippen LogP contribution in [-0.4, -0.2) is 17.6 Å². The first-order valence-corrected chi connectivity index (χ1v) is 6.78. The molecule has 0 aliphatic rings. The second kappa shape index (κ2) is 5.71. The van der Waals surface area contributed by atoms with E-state index in [4.69, 9.17) is 4.42 Å². The number of para-hydroxylation sites is 2. The van der Waals surface area contributed by atoms with Crippen molar-refractivity contribution in [1.29, 1.82) is 0 Å². The molecule has 3 rings (SSSR count). The normalized spacial score (nSPS) is 10.7. The molecule has 0 bridgehead atoms. The molecule has 1 amide bonds. The van der Waals surface area contributed by atoms with Crippen molar-refractivity contribution in [3.8, 4) is 5.75 Å². The lowest BCUT2D eigenvalue weighted by Crippen LogP contribution is -2.25. The standard InChI is InChI=1S/C17H15NO3/c19-15-7-3-2-6-14(15)17(20)18-10-9-13-11-12-5-1-4-8-16(12)21-13/h1-8,11,19H,9-10H2,(H,18,20). The van der Waals surface area contributed by atoms with Crippen LogP contribution in [0.15, 0.2) is 59.0 Å². The Hall–Kier alpha value is -2.75. The number of phenols is 1. The smallest absolute Gasteiger partial charge is 0.255 e. The van der Waals surface area contributed by atoms with Crippen LogP contribution < -0.4 is 5.32 Å². The number of amides is 1. The molecule has 4 nitrogen and oxygen atoms in total. The zero-order valence-electron chi connectivity index (χ0n) is 11.4. The Bertz CT molecular complexity index is 743. The third-order valence-electron chi connectivity index (χ3n) is 3.28. The fourth-order valence-electron chi connectivity index (χ4n) is 2.22. The maximum Gasteiger partial charge on any atom is 0.255 e. The van der Waals surface area contributed by atoms with Crippen LogP contribution in [0.5, 0.6) is 5.75 Å². The van der Waals surface area contributed by atoms with E-state index in [1.807, 2.05) is 30.3 Å². The Labute approximate surface area is 122 Å². The number of benzene rings is 2. The quantitative estimate of drug-likeness (QED) is 0.772. The van der Waals surface area contributed by atoms with E-state index in [0.29, 0.717) is 13.0 Å². The van der Waals surface area contributed by atoms with Gasteiger partial charge < -0.3 is 14.8 Å². The molecule has 0 radical (unpaired) electrons. The summed E-state index contributed by atoms with van der Waals surface area (Å²) in [6.45, 7) is 0.451. The van der Waals surface area contributed by atoms with Crippen LogP contribution in [0, 0.1) is 0 Å². The molecule has 3 aromatic rings. The van der Waals surface area contributed by atoms with Gasteiger partial charge in [0, 0.05) is 18.4 Å². The molecule has 0 saturated carbocycles. The van der Waals surface area contributed by atoms with E-state index in [9.17, 15) is 9.90 Å². The van der Waals surface area contributed by atoms with Crippen molar-refractivity contribution in [3.05, 3.63) is 65.9 Å². The number of aromatic hydroxyl groups is 1. The molecule has 2 aromatic carbocycles. The molecule has 0 saturated heterocycles. The number of carbonyl (C=O) groups excluding carboxylic acids is 1. The lowest BCUT2D eigenvalue weighted by Gasteiger charge is -2.05. The highest BCUT2D eigenvalue weighted by Crippen LogP contribution is 2.19. The highest BCUT2D eigenvalue weighted by atomic mass is 16.3. The summed E-state index contributed by atoms with van der Waals surface area (Å²) in [5, 5.41) is 13.4. The second-order valence-electron chi connectivity index (χ2n) is 4.77. The Morgan fingerprint density at radius 2 is 1.86 bits per heavy atom. The van der Waals surface area contributed by atoms with Gasteiger partial charge >= 0.3 is 0 Å². The van der Waals surface area contributed by atoms with Crippen molar-refractivity contribution in [2.75, 3.05) is 6.54 Å². The van der Waals surface area contributed by atoms with Crippen molar-refractivity contribution in [2.45, 2.75) is 6.42 Å². The van der Waals surface area contributed by atoms with Gasteiger partial charge in [0.2, 0.25) is 0 Å². The molecule has 0 atom stereocenters. The van der Waals surface area contributed by atoms with Crippen LogP contribution in [0.1, 0.15) is 16.1 Å². The summed E-state index contributed by atoms with van der Waals surface area (Å²) < 4.78 is 5.68. The third kappa shape index (κ3) is 2.89. The van der Waals surface area contributed by atoms with E-state index in [1.165, 1.54) is 6.07 Å². The van der Waals surface area contributed by atoms with Gasteiger partial charge in [-0.25, -0.2) is 0 Å². The number of carbonyl (C=O) groups is 1. The molecule has 21 heavy (non-hydrogen) atoms. The first-order valence-electron chi connectivity index (χ1n) is 6.78. The summed E-state index contributed by atoms with van der Waals surface area (Å²) in [4.78, 5) is 11.9. The van der Waals surface area contributed by atoms with Crippen LogP contribution >= 0.6 is 0 Å². The molecule has 0 fully saturated rings. The van der Waals surface area contributed by atoms with E-state index in [0.717, 1.165) is 16.7 Å². The van der Waals surface area contributed by atoms with Gasteiger partial charge in [-0.05, 0) is 24.3 Å². The first kappa shape index (κ1) is 13.2. The molecule has 0 spiro atoms. The molecular formula is C17H15NO3. The summed E-state index contributed by atoms with van der Waals surface area (Å²) in [5.74, 6) is 0.525. The van der Waals surface area contributed by atoms with Crippen molar-refractivity contribution in [2.24, 2.45) is 0 Å². The Morgan fingerprint density at radius 3 is 2.67 bits per heavy atom. The van der Waals surface area contributed by atoms with E-state index >= 15 is 0 Å². The van der Waals surface area contributed by atoms with Gasteiger partial charge in [-0.15, -0.1) is 0 Å². The number of phenolic OH excluding ortho intramolecular Hbond substituents is 1. The summed E-state index contributed by atoms with van der Waals surface area (Å²) in [6, 6.07) is 16.2. The van der Waals surface area contributed by atoms with Crippen molar-refractivity contribution >= 4 is 16.9 Å². The Balaban J connectivity index is 1.61. The molecule has 2 N–H and O–H groups in total. The average Bonchev–Trinajstić information content (AvgIpc) is 2.90. The van der Waals surface area contributed by atoms with E-state index in [2.05, 4.69) is 5.32 Å². The molecule has 0 aliphatic heterocycles. The number of fused-ring (bicyclic) bond motifs is 1. The van der Waals surface area contributed by atoms with E-state index in [1.54, 1.807) is 18.2 Å². The predicted octanol–water partition coefficient (Wildman–Crippen LogP) is 3.11. The number of rotatable bonds is 4. The minimum absolute atomic E-state index is 0.0151. The highest BCUT2D eigenvalue weighted by molar-refractivity contribution is 5.96. The minimum atomic E-state index is -0.288. The molecule has 4 heteroatoms. The lowest BCUT2D eigenvalue weighted by atomic mass is 10.2. The molecule has 1 aromatic heterocycles. The zero-order valence-corrected chi connectivity index (χ0v) is 11.4. The lowest BCUT2D eigenvalue weighted by molar-refractivity contribution is 0.0951. The van der Waals surface area contributed by atoms with Crippen molar-refractivity contribution in [1.82, 2.24) is 5.32 Å². The van der Waals surface area contributed by atoms with Gasteiger partial charge in [0.05, 0.1) is 5.56 Å². The zero-order chi connectivity index (χ0) is 14.7. The maximum atomic E-state index is 11.9. The van der Waals surface area contributed by atoms with Gasteiger partial charge in [-0.2, -0.15) is 0 Å². The molecule has 0 aliphatic carbocycles. The second-order valence-corrected chi connectivity index (χ2v) is 4.77. The van der Waals surface area contributed by atoms with Gasteiger partial charge in [-0.1, -0.05) is 30.3 Å². The van der Waals surface area contributed by atoms with E-state index < -0.39 is 0 Å². The summed E-state index contributed by atoms with van der Waals surface area (Å²) >= 11 is 0. The topological polar surface area (TPSA) is 62.5 Å². The van der Waals surface area contributed by atoms with Crippen LogP contribution in [0.2, 0.25) is 0 Å². The third-order valence-corrected chi connectivity index (χ3v) is 3.28. The predicted molar refractivity (Wildman–Crippen MR) is 80.4 cm³/mol. The van der Waals surface area contributed by atoms with Crippen molar-refractivity contribution in [3.63, 3.8) is 0 Å². The molecule has 106 valence electrons. The minimum Gasteiger partial charge on any atom is -0.507 e. The maximum absolute atomic E-state index is 11.9. The largest absolute Gasteiger partial charge is 0.507 e. The van der Waals surface area contributed by atoms with Gasteiger partial charge in [-0.3, -0.25) is 4.79 Å². The molecule has 0 unspecified atom stereocenters. The summed E-state index contributed by atoms with van der Waals surface area (Å²) in [5.41, 5.74) is 1.13. The van der Waals surface area contributed by atoms with Gasteiger partial charge in [0.25, 0.3) is 5.91 Å². The molecular weight excluding hydrogens is 266 g/mol. The molecule has 1 heterocycles. The monoisotopic (exact) mass is 281 g/mol. The fraction of sp³-hybridized carbons (Fsp3) is 0.118. The number of furan rings is 1. The van der Waals surface area contributed by atoms with Gasteiger partial charge in [0.15, 0.2) is 0 Å². The van der Waals surface area contributed by atoms with Crippen LogP contribution in [0.3, 0.4) is 0 Å². The first-order chi connectivity index (χ1) is 10.2. The Morgan fingerprint density at radius 1 is 1.10 bits per heavy atom. The van der Waals surface area contributed by atoms with Crippen LogP contribution in [-0.2, 0) is 6.42 Å². The SMILES string of the molecule is O=C(NCCc1cc2ccccc2o1)c1ccccc1O. The number of hydrogen-bond acceptors (Lipinski definition) is 3.